The van der Waals surface area contributed by atoms with Crippen LogP contribution < -0.4 is 0 Å². The maximum absolute atomic E-state index is 12.4. The van der Waals surface area contributed by atoms with Crippen LogP contribution in [0.15, 0.2) is 34.9 Å². The molecule has 0 radical (unpaired) electrons. The molecule has 2 heterocycles. The van der Waals surface area contributed by atoms with Crippen molar-refractivity contribution in [3.63, 3.8) is 0 Å². The minimum Gasteiger partial charge on any atom is -0.464 e. The fourth-order valence-corrected chi connectivity index (χ4v) is 2.70. The van der Waals surface area contributed by atoms with Gasteiger partial charge in [0.25, 0.3) is 0 Å². The fourth-order valence-electron chi connectivity index (χ4n) is 2.70. The van der Waals surface area contributed by atoms with E-state index in [1.807, 2.05) is 29.2 Å². The molecule has 110 valence electrons. The number of fused-ring (bicyclic) bond motifs is 1. The highest BCUT2D eigenvalue weighted by molar-refractivity contribution is 6.08. The van der Waals surface area contributed by atoms with Gasteiger partial charge in [0.1, 0.15) is 11.8 Å². The Bertz CT molecular complexity index is 669. The van der Waals surface area contributed by atoms with E-state index < -0.39 is 0 Å². The van der Waals surface area contributed by atoms with Gasteiger partial charge in [0.05, 0.1) is 12.1 Å². The first-order valence-corrected chi connectivity index (χ1v) is 7.12. The molecule has 0 aliphatic carbocycles. The second kappa shape index (κ2) is 5.69. The van der Waals surface area contributed by atoms with E-state index in [-0.39, 0.29) is 11.7 Å². The summed E-state index contributed by atoms with van der Waals surface area (Å²) in [6, 6.07) is 7.55. The van der Waals surface area contributed by atoms with Gasteiger partial charge in [-0.15, -0.1) is 0 Å². The summed E-state index contributed by atoms with van der Waals surface area (Å²) in [5.41, 5.74) is 1.38. The highest BCUT2D eigenvalue weighted by Gasteiger charge is 2.22. The summed E-state index contributed by atoms with van der Waals surface area (Å²) in [5.74, 6) is 0.165. The number of ketones is 1. The molecular formula is C16H18N2O3. The van der Waals surface area contributed by atoms with Crippen LogP contribution in [0.3, 0.4) is 0 Å². The molecule has 0 bridgehead atoms. The van der Waals surface area contributed by atoms with Crippen molar-refractivity contribution in [3.8, 4) is 0 Å². The van der Waals surface area contributed by atoms with Crippen LogP contribution >= 0.6 is 0 Å². The number of rotatable bonds is 3. The molecule has 0 spiro atoms. The number of amides is 1. The number of furan rings is 1. The lowest BCUT2D eigenvalue weighted by Gasteiger charge is -2.33. The third-order valence-electron chi connectivity index (χ3n) is 3.97. The van der Waals surface area contributed by atoms with Crippen LogP contribution in [0.5, 0.6) is 0 Å². The lowest BCUT2D eigenvalue weighted by atomic mass is 10.1. The molecule has 1 aliphatic heterocycles. The van der Waals surface area contributed by atoms with E-state index in [4.69, 9.17) is 4.42 Å². The summed E-state index contributed by atoms with van der Waals surface area (Å²) in [6.07, 6.45) is 1.54. The lowest BCUT2D eigenvalue weighted by Crippen LogP contribution is -2.49. The molecule has 0 N–H and O–H groups in total. The van der Waals surface area contributed by atoms with E-state index in [0.29, 0.717) is 25.2 Å². The second-order valence-electron chi connectivity index (χ2n) is 5.35. The number of hydrogen-bond acceptors (Lipinski definition) is 4. The van der Waals surface area contributed by atoms with Crippen LogP contribution in [0.1, 0.15) is 17.3 Å². The Morgan fingerprint density at radius 1 is 1.14 bits per heavy atom. The molecule has 5 heteroatoms. The predicted octanol–water partition coefficient (Wildman–Crippen LogP) is 1.78. The highest BCUT2D eigenvalue weighted by Crippen LogP contribution is 2.21. The molecule has 1 saturated heterocycles. The Kier molecular flexibility index (Phi) is 3.75. The SMILES string of the molecule is CC(=O)N1CCN(CC(=O)c2coc3ccccc23)CC1. The lowest BCUT2D eigenvalue weighted by molar-refractivity contribution is -0.130. The van der Waals surface area contributed by atoms with E-state index in [1.165, 1.54) is 0 Å². The van der Waals surface area contributed by atoms with Gasteiger partial charge in [0, 0.05) is 38.5 Å². The molecule has 0 unspecified atom stereocenters. The number of Topliss-reactive ketones (excluding diaryl/α,β-unsaturated/α-hetero) is 1. The van der Waals surface area contributed by atoms with E-state index in [2.05, 4.69) is 4.90 Å². The maximum atomic E-state index is 12.4. The summed E-state index contributed by atoms with van der Waals surface area (Å²) in [6.45, 7) is 4.80. The molecule has 1 aromatic heterocycles. The van der Waals surface area contributed by atoms with Crippen molar-refractivity contribution in [2.24, 2.45) is 0 Å². The molecule has 1 amide bonds. The molecule has 1 aliphatic rings. The molecule has 3 rings (SSSR count). The fraction of sp³-hybridized carbons (Fsp3) is 0.375. The topological polar surface area (TPSA) is 53.8 Å². The van der Waals surface area contributed by atoms with Crippen LogP contribution in [0.25, 0.3) is 11.0 Å². The maximum Gasteiger partial charge on any atom is 0.219 e. The first kappa shape index (κ1) is 13.8. The Balaban J connectivity index is 1.66. The van der Waals surface area contributed by atoms with E-state index >= 15 is 0 Å². The molecule has 2 aromatic rings. The van der Waals surface area contributed by atoms with E-state index in [0.717, 1.165) is 24.1 Å². The molecule has 1 fully saturated rings. The molecular weight excluding hydrogens is 268 g/mol. The summed E-state index contributed by atoms with van der Waals surface area (Å²) in [5, 5.41) is 0.866. The zero-order chi connectivity index (χ0) is 14.8. The van der Waals surface area contributed by atoms with Crippen molar-refractivity contribution >= 4 is 22.7 Å². The van der Waals surface area contributed by atoms with Crippen LogP contribution in [0.4, 0.5) is 0 Å². The van der Waals surface area contributed by atoms with E-state index in [1.54, 1.807) is 13.2 Å². The van der Waals surface area contributed by atoms with Gasteiger partial charge >= 0.3 is 0 Å². The monoisotopic (exact) mass is 286 g/mol. The average molecular weight is 286 g/mol. The quantitative estimate of drug-likeness (QED) is 0.807. The molecule has 5 nitrogen and oxygen atoms in total. The summed E-state index contributed by atoms with van der Waals surface area (Å²) >= 11 is 0. The number of piperazine rings is 1. The zero-order valence-corrected chi connectivity index (χ0v) is 12.0. The van der Waals surface area contributed by atoms with Gasteiger partial charge in [0.2, 0.25) is 5.91 Å². The zero-order valence-electron chi connectivity index (χ0n) is 12.0. The molecule has 0 atom stereocenters. The largest absolute Gasteiger partial charge is 0.464 e. The number of carbonyl (C=O) groups is 2. The smallest absolute Gasteiger partial charge is 0.219 e. The number of carbonyl (C=O) groups excluding carboxylic acids is 2. The van der Waals surface area contributed by atoms with Crippen molar-refractivity contribution < 1.29 is 14.0 Å². The Morgan fingerprint density at radius 3 is 2.57 bits per heavy atom. The summed E-state index contributed by atoms with van der Waals surface area (Å²) in [4.78, 5) is 27.6. The van der Waals surface area contributed by atoms with Crippen molar-refractivity contribution in [1.82, 2.24) is 9.80 Å². The van der Waals surface area contributed by atoms with Gasteiger partial charge in [-0.05, 0) is 6.07 Å². The number of para-hydroxylation sites is 1. The Labute approximate surface area is 123 Å². The Hall–Kier alpha value is -2.14. The molecule has 1 aromatic carbocycles. The first-order chi connectivity index (χ1) is 10.1. The van der Waals surface area contributed by atoms with Crippen LogP contribution in [-0.2, 0) is 4.79 Å². The van der Waals surface area contributed by atoms with Crippen molar-refractivity contribution in [2.75, 3.05) is 32.7 Å². The van der Waals surface area contributed by atoms with Gasteiger partial charge < -0.3 is 9.32 Å². The second-order valence-corrected chi connectivity index (χ2v) is 5.35. The summed E-state index contributed by atoms with van der Waals surface area (Å²) in [7, 11) is 0. The van der Waals surface area contributed by atoms with Gasteiger partial charge in [-0.25, -0.2) is 0 Å². The van der Waals surface area contributed by atoms with Crippen LogP contribution in [-0.4, -0.2) is 54.2 Å². The third kappa shape index (κ3) is 2.83. The number of benzene rings is 1. The van der Waals surface area contributed by atoms with E-state index in [9.17, 15) is 9.59 Å². The molecule has 0 saturated carbocycles. The number of hydrogen-bond donors (Lipinski definition) is 0. The minimum atomic E-state index is 0.0659. The van der Waals surface area contributed by atoms with Gasteiger partial charge in [0.15, 0.2) is 5.78 Å². The summed E-state index contributed by atoms with van der Waals surface area (Å²) < 4.78 is 5.42. The van der Waals surface area contributed by atoms with Gasteiger partial charge in [-0.3, -0.25) is 14.5 Å². The van der Waals surface area contributed by atoms with Gasteiger partial charge in [-0.2, -0.15) is 0 Å². The molecule has 21 heavy (non-hydrogen) atoms. The van der Waals surface area contributed by atoms with Crippen molar-refractivity contribution in [2.45, 2.75) is 6.92 Å². The van der Waals surface area contributed by atoms with Crippen molar-refractivity contribution in [1.29, 1.82) is 0 Å². The van der Waals surface area contributed by atoms with Crippen LogP contribution in [0, 0.1) is 0 Å². The normalized spacial score (nSPS) is 16.3. The predicted molar refractivity (Wildman–Crippen MR) is 79.2 cm³/mol. The number of nitrogens with zero attached hydrogens (tertiary/aromatic N) is 2. The van der Waals surface area contributed by atoms with Crippen LogP contribution in [0.2, 0.25) is 0 Å². The highest BCUT2D eigenvalue weighted by atomic mass is 16.3. The third-order valence-corrected chi connectivity index (χ3v) is 3.97. The first-order valence-electron chi connectivity index (χ1n) is 7.12. The van der Waals surface area contributed by atoms with Crippen molar-refractivity contribution in [3.05, 3.63) is 36.1 Å². The standard InChI is InChI=1S/C16H18N2O3/c1-12(19)18-8-6-17(7-9-18)10-15(20)14-11-21-16-5-3-2-4-13(14)16/h2-5,11H,6-10H2,1H3. The van der Waals surface area contributed by atoms with Gasteiger partial charge in [-0.1, -0.05) is 18.2 Å². The Morgan fingerprint density at radius 2 is 1.86 bits per heavy atom. The average Bonchev–Trinajstić information content (AvgIpc) is 2.92. The minimum absolute atomic E-state index is 0.0659.